The van der Waals surface area contributed by atoms with Gasteiger partial charge in [0, 0.05) is 13.1 Å². The highest BCUT2D eigenvalue weighted by Crippen LogP contribution is 2.18. The molecule has 3 heteroatoms. The SMILES string of the molecule is NN1CCC(CCF)CC1. The summed E-state index contributed by atoms with van der Waals surface area (Å²) in [4.78, 5) is 0. The summed E-state index contributed by atoms with van der Waals surface area (Å²) >= 11 is 0. The molecule has 0 spiro atoms. The Morgan fingerprint density at radius 1 is 1.40 bits per heavy atom. The first kappa shape index (κ1) is 7.95. The molecule has 1 heterocycles. The average molecular weight is 146 g/mol. The van der Waals surface area contributed by atoms with E-state index in [0.717, 1.165) is 32.4 Å². The first-order valence-corrected chi connectivity index (χ1v) is 3.88. The van der Waals surface area contributed by atoms with E-state index in [1.54, 1.807) is 0 Å². The van der Waals surface area contributed by atoms with Crippen molar-refractivity contribution in [2.45, 2.75) is 19.3 Å². The largest absolute Gasteiger partial charge is 0.269 e. The van der Waals surface area contributed by atoms with Gasteiger partial charge in [-0.05, 0) is 25.2 Å². The van der Waals surface area contributed by atoms with Crippen molar-refractivity contribution in [3.05, 3.63) is 0 Å². The molecule has 10 heavy (non-hydrogen) atoms. The van der Waals surface area contributed by atoms with Crippen molar-refractivity contribution in [3.63, 3.8) is 0 Å². The maximum atomic E-state index is 11.8. The second-order valence-corrected chi connectivity index (χ2v) is 2.96. The first-order chi connectivity index (χ1) is 4.83. The van der Waals surface area contributed by atoms with Gasteiger partial charge in [0.1, 0.15) is 0 Å². The minimum Gasteiger partial charge on any atom is -0.269 e. The van der Waals surface area contributed by atoms with Crippen LogP contribution in [-0.4, -0.2) is 24.8 Å². The van der Waals surface area contributed by atoms with Crippen molar-refractivity contribution < 1.29 is 4.39 Å². The number of alkyl halides is 1. The molecule has 0 radical (unpaired) electrons. The van der Waals surface area contributed by atoms with Crippen LogP contribution in [0.2, 0.25) is 0 Å². The number of nitrogens with two attached hydrogens (primary N) is 1. The van der Waals surface area contributed by atoms with Gasteiger partial charge in [0.2, 0.25) is 0 Å². The topological polar surface area (TPSA) is 29.3 Å². The van der Waals surface area contributed by atoms with E-state index in [1.807, 2.05) is 5.01 Å². The number of rotatable bonds is 2. The van der Waals surface area contributed by atoms with E-state index in [0.29, 0.717) is 5.92 Å². The van der Waals surface area contributed by atoms with E-state index in [2.05, 4.69) is 0 Å². The van der Waals surface area contributed by atoms with Crippen molar-refractivity contribution in [1.82, 2.24) is 5.01 Å². The van der Waals surface area contributed by atoms with Crippen LogP contribution in [0.3, 0.4) is 0 Å². The Morgan fingerprint density at radius 2 is 2.00 bits per heavy atom. The van der Waals surface area contributed by atoms with Crippen LogP contribution in [0, 0.1) is 5.92 Å². The third-order valence-electron chi connectivity index (χ3n) is 2.17. The molecule has 0 unspecified atom stereocenters. The lowest BCUT2D eigenvalue weighted by Crippen LogP contribution is -2.38. The molecular weight excluding hydrogens is 131 g/mol. The third kappa shape index (κ3) is 2.23. The molecule has 1 fully saturated rings. The summed E-state index contributed by atoms with van der Waals surface area (Å²) < 4.78 is 11.8. The first-order valence-electron chi connectivity index (χ1n) is 3.88. The number of halogens is 1. The maximum absolute atomic E-state index is 11.8. The molecule has 0 aromatic carbocycles. The summed E-state index contributed by atoms with van der Waals surface area (Å²) in [5.74, 6) is 6.12. The Labute approximate surface area is 61.2 Å². The van der Waals surface area contributed by atoms with Gasteiger partial charge in [-0.25, -0.2) is 5.01 Å². The lowest BCUT2D eigenvalue weighted by atomic mass is 9.95. The summed E-state index contributed by atoms with van der Waals surface area (Å²) in [6, 6.07) is 0. The number of hydrazine groups is 1. The van der Waals surface area contributed by atoms with Crippen molar-refractivity contribution in [1.29, 1.82) is 0 Å². The van der Waals surface area contributed by atoms with Crippen molar-refractivity contribution in [2.75, 3.05) is 19.8 Å². The van der Waals surface area contributed by atoms with E-state index < -0.39 is 0 Å². The minimum atomic E-state index is -0.171. The molecule has 0 aromatic heterocycles. The Morgan fingerprint density at radius 3 is 2.50 bits per heavy atom. The van der Waals surface area contributed by atoms with Gasteiger partial charge >= 0.3 is 0 Å². The van der Waals surface area contributed by atoms with E-state index in [-0.39, 0.29) is 6.67 Å². The second kappa shape index (κ2) is 3.88. The van der Waals surface area contributed by atoms with Gasteiger partial charge in [-0.1, -0.05) is 0 Å². The fourth-order valence-electron chi connectivity index (χ4n) is 1.40. The lowest BCUT2D eigenvalue weighted by molar-refractivity contribution is 0.176. The van der Waals surface area contributed by atoms with Gasteiger partial charge in [0.15, 0.2) is 0 Å². The number of hydrogen-bond donors (Lipinski definition) is 1. The van der Waals surface area contributed by atoms with Crippen LogP contribution in [0.1, 0.15) is 19.3 Å². The van der Waals surface area contributed by atoms with Crippen molar-refractivity contribution in [2.24, 2.45) is 11.8 Å². The molecule has 1 aliphatic rings. The van der Waals surface area contributed by atoms with Gasteiger partial charge in [0.25, 0.3) is 0 Å². The fraction of sp³-hybridized carbons (Fsp3) is 1.00. The molecule has 2 nitrogen and oxygen atoms in total. The summed E-state index contributed by atoms with van der Waals surface area (Å²) in [5.41, 5.74) is 0. The summed E-state index contributed by atoms with van der Waals surface area (Å²) in [5, 5.41) is 1.81. The summed E-state index contributed by atoms with van der Waals surface area (Å²) in [6.45, 7) is 1.70. The Kier molecular flexibility index (Phi) is 3.09. The van der Waals surface area contributed by atoms with Crippen LogP contribution in [0.25, 0.3) is 0 Å². The summed E-state index contributed by atoms with van der Waals surface area (Å²) in [6.07, 6.45) is 2.87. The normalized spacial score (nSPS) is 23.4. The van der Waals surface area contributed by atoms with E-state index in [4.69, 9.17) is 5.84 Å². The zero-order chi connectivity index (χ0) is 7.40. The smallest absolute Gasteiger partial charge is 0.0897 e. The number of piperidine rings is 1. The van der Waals surface area contributed by atoms with Crippen LogP contribution >= 0.6 is 0 Å². The van der Waals surface area contributed by atoms with Crippen LogP contribution in [0.15, 0.2) is 0 Å². The van der Waals surface area contributed by atoms with Crippen LogP contribution < -0.4 is 5.84 Å². The highest BCUT2D eigenvalue weighted by molar-refractivity contribution is 4.68. The quantitative estimate of drug-likeness (QED) is 0.587. The summed E-state index contributed by atoms with van der Waals surface area (Å²) in [7, 11) is 0. The number of nitrogens with zero attached hydrogens (tertiary/aromatic N) is 1. The molecule has 0 saturated carbocycles. The average Bonchev–Trinajstić information content (AvgIpc) is 1.95. The molecule has 0 bridgehead atoms. The zero-order valence-corrected chi connectivity index (χ0v) is 6.22. The molecule has 2 N–H and O–H groups in total. The molecule has 0 atom stereocenters. The third-order valence-corrected chi connectivity index (χ3v) is 2.17. The molecule has 0 amide bonds. The van der Waals surface area contributed by atoms with Crippen LogP contribution in [-0.2, 0) is 0 Å². The Hall–Kier alpha value is -0.150. The minimum absolute atomic E-state index is 0.171. The second-order valence-electron chi connectivity index (χ2n) is 2.96. The van der Waals surface area contributed by atoms with Crippen molar-refractivity contribution >= 4 is 0 Å². The molecule has 0 aliphatic carbocycles. The lowest BCUT2D eigenvalue weighted by Gasteiger charge is -2.27. The van der Waals surface area contributed by atoms with Gasteiger partial charge < -0.3 is 0 Å². The van der Waals surface area contributed by atoms with Gasteiger partial charge in [-0.3, -0.25) is 10.2 Å². The van der Waals surface area contributed by atoms with Crippen LogP contribution in [0.5, 0.6) is 0 Å². The molecular formula is C7H15FN2. The molecule has 1 rings (SSSR count). The standard InChI is InChI=1S/C7H15FN2/c8-4-1-7-2-5-10(9)6-3-7/h7H,1-6,9H2. The van der Waals surface area contributed by atoms with E-state index in [1.165, 1.54) is 0 Å². The molecule has 60 valence electrons. The Balaban J connectivity index is 2.13. The predicted octanol–water partition coefficient (Wildman–Crippen LogP) is 0.932. The highest BCUT2D eigenvalue weighted by Gasteiger charge is 2.15. The molecule has 1 aliphatic heterocycles. The zero-order valence-electron chi connectivity index (χ0n) is 6.22. The monoisotopic (exact) mass is 146 g/mol. The van der Waals surface area contributed by atoms with Gasteiger partial charge in [0.05, 0.1) is 6.67 Å². The Bertz CT molecular complexity index is 89.6. The van der Waals surface area contributed by atoms with Crippen molar-refractivity contribution in [3.8, 4) is 0 Å². The number of hydrogen-bond acceptors (Lipinski definition) is 2. The highest BCUT2D eigenvalue weighted by atomic mass is 19.1. The fourth-order valence-corrected chi connectivity index (χ4v) is 1.40. The molecule has 1 saturated heterocycles. The molecule has 0 aromatic rings. The van der Waals surface area contributed by atoms with E-state index >= 15 is 0 Å². The van der Waals surface area contributed by atoms with Crippen LogP contribution in [0.4, 0.5) is 4.39 Å². The predicted molar refractivity (Wildman–Crippen MR) is 39.1 cm³/mol. The maximum Gasteiger partial charge on any atom is 0.0897 e. The van der Waals surface area contributed by atoms with Gasteiger partial charge in [-0.2, -0.15) is 0 Å². The van der Waals surface area contributed by atoms with Gasteiger partial charge in [-0.15, -0.1) is 0 Å². The van der Waals surface area contributed by atoms with E-state index in [9.17, 15) is 4.39 Å².